The molecule has 1 amide bonds. The zero-order valence-corrected chi connectivity index (χ0v) is 17.4. The summed E-state index contributed by atoms with van der Waals surface area (Å²) in [5.74, 6) is -0.420. The molecular formula is C20H16Cl2N2O6. The maximum atomic E-state index is 12.3. The minimum absolute atomic E-state index is 0.0611. The SMILES string of the molecule is COc1cc(/C=C2\N=C(c3ccc(Cl)c(Cl)c3)OC2=O)cc(OC)c1OCC(N)=O. The van der Waals surface area contributed by atoms with Gasteiger partial charge < -0.3 is 24.7 Å². The molecule has 2 N–H and O–H groups in total. The van der Waals surface area contributed by atoms with Gasteiger partial charge in [0.15, 0.2) is 23.8 Å². The number of hydrogen-bond donors (Lipinski definition) is 1. The highest BCUT2D eigenvalue weighted by Crippen LogP contribution is 2.39. The Kier molecular flexibility index (Phi) is 6.49. The molecule has 3 rings (SSSR count). The number of methoxy groups -OCH3 is 2. The topological polar surface area (TPSA) is 109 Å². The molecule has 8 nitrogen and oxygen atoms in total. The molecule has 0 fully saturated rings. The van der Waals surface area contributed by atoms with Crippen LogP contribution in [0.4, 0.5) is 0 Å². The number of rotatable bonds is 7. The molecule has 0 atom stereocenters. The largest absolute Gasteiger partial charge is 0.493 e. The molecular weight excluding hydrogens is 435 g/mol. The van der Waals surface area contributed by atoms with Crippen molar-refractivity contribution in [1.29, 1.82) is 0 Å². The Morgan fingerprint density at radius 3 is 2.37 bits per heavy atom. The van der Waals surface area contributed by atoms with Crippen LogP contribution >= 0.6 is 23.2 Å². The summed E-state index contributed by atoms with van der Waals surface area (Å²) >= 11 is 11.9. The van der Waals surface area contributed by atoms with E-state index in [1.54, 1.807) is 30.3 Å². The molecule has 1 aliphatic rings. The molecule has 0 unspecified atom stereocenters. The number of nitrogens with zero attached hydrogens (tertiary/aromatic N) is 1. The van der Waals surface area contributed by atoms with Gasteiger partial charge in [-0.05, 0) is 42.0 Å². The third-order valence-corrected chi connectivity index (χ3v) is 4.67. The van der Waals surface area contributed by atoms with Gasteiger partial charge in [-0.1, -0.05) is 23.2 Å². The standard InChI is InChI=1S/C20H16Cl2N2O6/c1-27-15-6-10(7-16(28-2)18(15)29-9-17(23)25)5-14-20(26)30-19(24-14)11-3-4-12(21)13(22)8-11/h3-8H,9H2,1-2H3,(H2,23,25)/b14-5-. The van der Waals surface area contributed by atoms with Gasteiger partial charge in [-0.2, -0.15) is 0 Å². The van der Waals surface area contributed by atoms with Crippen LogP contribution in [0.3, 0.4) is 0 Å². The Hall–Kier alpha value is -3.23. The highest BCUT2D eigenvalue weighted by molar-refractivity contribution is 6.42. The molecule has 0 bridgehead atoms. The first-order valence-corrected chi connectivity index (χ1v) is 9.23. The van der Waals surface area contributed by atoms with Gasteiger partial charge in [-0.25, -0.2) is 9.79 Å². The summed E-state index contributed by atoms with van der Waals surface area (Å²) in [5, 5.41) is 0.685. The van der Waals surface area contributed by atoms with Crippen molar-refractivity contribution in [1.82, 2.24) is 0 Å². The molecule has 0 aromatic heterocycles. The number of nitrogens with two attached hydrogens (primary N) is 1. The van der Waals surface area contributed by atoms with Crippen molar-refractivity contribution in [2.24, 2.45) is 10.7 Å². The predicted molar refractivity (Wildman–Crippen MR) is 111 cm³/mol. The lowest BCUT2D eigenvalue weighted by atomic mass is 10.1. The first-order chi connectivity index (χ1) is 14.3. The van der Waals surface area contributed by atoms with Crippen LogP contribution < -0.4 is 19.9 Å². The second-order valence-corrected chi connectivity index (χ2v) is 6.79. The first-order valence-electron chi connectivity index (χ1n) is 8.47. The second kappa shape index (κ2) is 9.06. The summed E-state index contributed by atoms with van der Waals surface area (Å²) in [4.78, 5) is 27.5. The zero-order chi connectivity index (χ0) is 21.8. The molecule has 1 heterocycles. The van der Waals surface area contributed by atoms with E-state index in [2.05, 4.69) is 4.99 Å². The monoisotopic (exact) mass is 450 g/mol. The molecule has 0 saturated heterocycles. The first kappa shape index (κ1) is 21.5. The van der Waals surface area contributed by atoms with Crippen molar-refractivity contribution in [2.75, 3.05) is 20.8 Å². The molecule has 30 heavy (non-hydrogen) atoms. The lowest BCUT2D eigenvalue weighted by molar-refractivity contribution is -0.130. The Labute approximate surface area is 181 Å². The van der Waals surface area contributed by atoms with Crippen LogP contribution in [0, 0.1) is 0 Å². The van der Waals surface area contributed by atoms with Gasteiger partial charge in [-0.3, -0.25) is 4.79 Å². The normalized spacial score (nSPS) is 14.3. The smallest absolute Gasteiger partial charge is 0.363 e. The van der Waals surface area contributed by atoms with Gasteiger partial charge in [0.25, 0.3) is 5.91 Å². The fourth-order valence-electron chi connectivity index (χ4n) is 2.59. The summed E-state index contributed by atoms with van der Waals surface area (Å²) in [5.41, 5.74) is 6.22. The third-order valence-electron chi connectivity index (χ3n) is 3.93. The lowest BCUT2D eigenvalue weighted by Crippen LogP contribution is -2.20. The fraction of sp³-hybridized carbons (Fsp3) is 0.150. The second-order valence-electron chi connectivity index (χ2n) is 5.97. The Morgan fingerprint density at radius 2 is 1.80 bits per heavy atom. The van der Waals surface area contributed by atoms with Gasteiger partial charge in [0, 0.05) is 5.56 Å². The average molecular weight is 451 g/mol. The summed E-state index contributed by atoms with van der Waals surface area (Å²) in [6.07, 6.45) is 1.50. The van der Waals surface area contributed by atoms with E-state index in [0.717, 1.165) is 0 Å². The van der Waals surface area contributed by atoms with Crippen LogP contribution in [0.15, 0.2) is 41.0 Å². The average Bonchev–Trinajstić information content (AvgIpc) is 3.08. The quantitative estimate of drug-likeness (QED) is 0.512. The van der Waals surface area contributed by atoms with Gasteiger partial charge in [0.2, 0.25) is 11.6 Å². The number of halogens is 2. The lowest BCUT2D eigenvalue weighted by Gasteiger charge is -2.14. The molecule has 2 aromatic carbocycles. The predicted octanol–water partition coefficient (Wildman–Crippen LogP) is 3.22. The van der Waals surface area contributed by atoms with Gasteiger partial charge >= 0.3 is 5.97 Å². The number of esters is 1. The van der Waals surface area contributed by atoms with E-state index >= 15 is 0 Å². The minimum Gasteiger partial charge on any atom is -0.493 e. The third kappa shape index (κ3) is 4.67. The van der Waals surface area contributed by atoms with E-state index < -0.39 is 11.9 Å². The van der Waals surface area contributed by atoms with Gasteiger partial charge in [0.05, 0.1) is 24.3 Å². The van der Waals surface area contributed by atoms with Crippen LogP contribution in [0.2, 0.25) is 10.0 Å². The molecule has 0 spiro atoms. The number of primary amides is 1. The van der Waals surface area contributed by atoms with Crippen molar-refractivity contribution in [3.8, 4) is 17.2 Å². The highest BCUT2D eigenvalue weighted by Gasteiger charge is 2.25. The van der Waals surface area contributed by atoms with Crippen LogP contribution in [0.25, 0.3) is 6.08 Å². The van der Waals surface area contributed by atoms with Gasteiger partial charge in [-0.15, -0.1) is 0 Å². The van der Waals surface area contributed by atoms with E-state index in [1.165, 1.54) is 20.3 Å². The number of ether oxygens (including phenoxy) is 4. The molecule has 0 saturated carbocycles. The summed E-state index contributed by atoms with van der Waals surface area (Å²) in [6.45, 7) is -0.350. The van der Waals surface area contributed by atoms with Crippen molar-refractivity contribution >= 4 is 47.1 Å². The Morgan fingerprint density at radius 1 is 1.13 bits per heavy atom. The summed E-state index contributed by atoms with van der Waals surface area (Å²) in [6, 6.07) is 7.95. The number of hydrogen-bond acceptors (Lipinski definition) is 7. The number of amides is 1. The van der Waals surface area contributed by atoms with E-state index in [1.807, 2.05) is 0 Å². The van der Waals surface area contributed by atoms with E-state index in [4.69, 9.17) is 47.9 Å². The molecule has 1 aliphatic heterocycles. The van der Waals surface area contributed by atoms with E-state index in [9.17, 15) is 9.59 Å². The van der Waals surface area contributed by atoms with Crippen molar-refractivity contribution in [3.05, 3.63) is 57.2 Å². The van der Waals surface area contributed by atoms with Gasteiger partial charge in [0.1, 0.15) is 0 Å². The molecule has 10 heteroatoms. The molecule has 156 valence electrons. The maximum Gasteiger partial charge on any atom is 0.363 e. The number of carbonyl (C=O) groups excluding carboxylic acids is 2. The summed E-state index contributed by atoms with van der Waals surface area (Å²) < 4.78 is 21.2. The van der Waals surface area contributed by atoms with E-state index in [-0.39, 0.29) is 35.5 Å². The molecule has 0 aliphatic carbocycles. The van der Waals surface area contributed by atoms with Crippen LogP contribution in [-0.2, 0) is 14.3 Å². The van der Waals surface area contributed by atoms with Crippen molar-refractivity contribution < 1.29 is 28.5 Å². The fourth-order valence-corrected chi connectivity index (χ4v) is 2.89. The van der Waals surface area contributed by atoms with Crippen LogP contribution in [-0.4, -0.2) is 38.6 Å². The van der Waals surface area contributed by atoms with Crippen LogP contribution in [0.5, 0.6) is 17.2 Å². The van der Waals surface area contributed by atoms with E-state index in [0.29, 0.717) is 21.2 Å². The number of cyclic esters (lactones) is 1. The van der Waals surface area contributed by atoms with Crippen LogP contribution in [0.1, 0.15) is 11.1 Å². The van der Waals surface area contributed by atoms with Crippen molar-refractivity contribution in [3.63, 3.8) is 0 Å². The highest BCUT2D eigenvalue weighted by atomic mass is 35.5. The summed E-state index contributed by atoms with van der Waals surface area (Å²) in [7, 11) is 2.85. The van der Waals surface area contributed by atoms with Crippen molar-refractivity contribution in [2.45, 2.75) is 0 Å². The number of benzene rings is 2. The minimum atomic E-state index is -0.650. The maximum absolute atomic E-state index is 12.3. The number of carbonyl (C=O) groups is 2. The Bertz CT molecular complexity index is 1060. The zero-order valence-electron chi connectivity index (χ0n) is 15.9. The number of aliphatic imine (C=N–C) groups is 1. The molecule has 2 aromatic rings. The molecule has 0 radical (unpaired) electrons. The Balaban J connectivity index is 1.96.